The van der Waals surface area contributed by atoms with Gasteiger partial charge in [0.25, 0.3) is 0 Å². The Bertz CT molecular complexity index is 340. The van der Waals surface area contributed by atoms with Crippen LogP contribution in [0.3, 0.4) is 0 Å². The minimum Gasteiger partial charge on any atom is -0.480 e. The zero-order valence-electron chi connectivity index (χ0n) is 13.2. The molecule has 20 heavy (non-hydrogen) atoms. The average molecular weight is 279 g/mol. The maximum atomic E-state index is 5.06. The van der Waals surface area contributed by atoms with Crippen LogP contribution in [0.2, 0.25) is 0 Å². The zero-order chi connectivity index (χ0) is 14.6. The first-order chi connectivity index (χ1) is 9.81. The Morgan fingerprint density at radius 3 is 2.45 bits per heavy atom. The summed E-state index contributed by atoms with van der Waals surface area (Å²) in [6, 6.07) is 4.22. The van der Waals surface area contributed by atoms with E-state index < -0.39 is 0 Å². The average Bonchev–Trinajstić information content (AvgIpc) is 2.50. The maximum absolute atomic E-state index is 5.06. The number of nitrogens with zero attached hydrogens (tertiary/aromatic N) is 2. The van der Waals surface area contributed by atoms with Crippen LogP contribution in [-0.4, -0.2) is 23.9 Å². The van der Waals surface area contributed by atoms with Crippen LogP contribution in [0.15, 0.2) is 12.1 Å². The van der Waals surface area contributed by atoms with E-state index in [2.05, 4.69) is 29.4 Å². The number of unbranched alkanes of at least 4 members (excludes halogenated alkanes) is 4. The van der Waals surface area contributed by atoms with Crippen molar-refractivity contribution in [3.63, 3.8) is 0 Å². The Hall–Kier alpha value is -1.16. The number of methoxy groups -OCH3 is 1. The quantitative estimate of drug-likeness (QED) is 0.624. The van der Waals surface area contributed by atoms with Crippen LogP contribution in [0.5, 0.6) is 5.88 Å². The van der Waals surface area contributed by atoms with Gasteiger partial charge in [-0.05, 0) is 25.5 Å². The van der Waals surface area contributed by atoms with Gasteiger partial charge < -0.3 is 10.1 Å². The molecule has 0 bridgehead atoms. The molecule has 4 heteroatoms. The second kappa shape index (κ2) is 10.6. The standard InChI is InChI=1S/C16H29N3O/c1-4-6-7-8-9-10-14(17-13-5-2)15-11-12-16(20-3)19-18-15/h11-12,14,17H,4-10,13H2,1-3H3. The first kappa shape index (κ1) is 16.9. The number of hydrogen-bond donors (Lipinski definition) is 1. The highest BCUT2D eigenvalue weighted by Gasteiger charge is 2.12. The first-order valence-electron chi connectivity index (χ1n) is 7.92. The molecule has 1 atom stereocenters. The van der Waals surface area contributed by atoms with Crippen LogP contribution < -0.4 is 10.1 Å². The van der Waals surface area contributed by atoms with Gasteiger partial charge in [-0.2, -0.15) is 5.10 Å². The van der Waals surface area contributed by atoms with Gasteiger partial charge in [0.2, 0.25) is 5.88 Å². The molecule has 1 aromatic rings. The fraction of sp³-hybridized carbons (Fsp3) is 0.750. The summed E-state index contributed by atoms with van der Waals surface area (Å²) in [6.07, 6.45) is 8.79. The van der Waals surface area contributed by atoms with Gasteiger partial charge in [-0.15, -0.1) is 5.10 Å². The SMILES string of the molecule is CCCCCCCC(NCCC)c1ccc(OC)nn1. The molecule has 0 aliphatic carbocycles. The molecule has 0 saturated carbocycles. The van der Waals surface area contributed by atoms with Crippen molar-refractivity contribution in [3.05, 3.63) is 17.8 Å². The third-order valence-corrected chi connectivity index (χ3v) is 3.46. The largest absolute Gasteiger partial charge is 0.480 e. The fourth-order valence-corrected chi connectivity index (χ4v) is 2.25. The highest BCUT2D eigenvalue weighted by atomic mass is 16.5. The summed E-state index contributed by atoms with van der Waals surface area (Å²) in [5.74, 6) is 0.575. The van der Waals surface area contributed by atoms with Crippen molar-refractivity contribution in [3.8, 4) is 5.88 Å². The van der Waals surface area contributed by atoms with Gasteiger partial charge in [-0.1, -0.05) is 46.0 Å². The van der Waals surface area contributed by atoms with Crippen molar-refractivity contribution in [2.75, 3.05) is 13.7 Å². The molecule has 0 aromatic carbocycles. The van der Waals surface area contributed by atoms with E-state index in [4.69, 9.17) is 4.74 Å². The van der Waals surface area contributed by atoms with Crippen LogP contribution in [-0.2, 0) is 0 Å². The predicted molar refractivity (Wildman–Crippen MR) is 83.0 cm³/mol. The maximum Gasteiger partial charge on any atom is 0.233 e. The Kier molecular flexibility index (Phi) is 8.96. The zero-order valence-corrected chi connectivity index (χ0v) is 13.2. The summed E-state index contributed by atoms with van der Waals surface area (Å²) in [4.78, 5) is 0. The fourth-order valence-electron chi connectivity index (χ4n) is 2.25. The first-order valence-corrected chi connectivity index (χ1v) is 7.92. The molecule has 0 radical (unpaired) electrons. The molecule has 1 unspecified atom stereocenters. The van der Waals surface area contributed by atoms with Crippen LogP contribution in [0.4, 0.5) is 0 Å². The molecule has 0 saturated heterocycles. The number of rotatable bonds is 11. The van der Waals surface area contributed by atoms with Crippen molar-refractivity contribution in [1.29, 1.82) is 0 Å². The molecule has 0 fully saturated rings. The van der Waals surface area contributed by atoms with Crippen molar-refractivity contribution in [2.24, 2.45) is 0 Å². The molecular formula is C16H29N3O. The van der Waals surface area contributed by atoms with Gasteiger partial charge in [0.05, 0.1) is 18.8 Å². The van der Waals surface area contributed by atoms with E-state index in [0.29, 0.717) is 11.9 Å². The van der Waals surface area contributed by atoms with Gasteiger partial charge in [-0.25, -0.2) is 0 Å². The summed E-state index contributed by atoms with van der Waals surface area (Å²) >= 11 is 0. The second-order valence-corrected chi connectivity index (χ2v) is 5.21. The summed E-state index contributed by atoms with van der Waals surface area (Å²) in [5.41, 5.74) is 1.02. The summed E-state index contributed by atoms with van der Waals surface area (Å²) in [7, 11) is 1.62. The minimum atomic E-state index is 0.315. The predicted octanol–water partition coefficient (Wildman–Crippen LogP) is 3.89. The minimum absolute atomic E-state index is 0.315. The third-order valence-electron chi connectivity index (χ3n) is 3.46. The van der Waals surface area contributed by atoms with E-state index in [1.807, 2.05) is 12.1 Å². The lowest BCUT2D eigenvalue weighted by Crippen LogP contribution is -2.23. The molecule has 114 valence electrons. The summed E-state index contributed by atoms with van der Waals surface area (Å²) < 4.78 is 5.06. The number of nitrogens with one attached hydrogen (secondary N) is 1. The Morgan fingerprint density at radius 1 is 1.05 bits per heavy atom. The second-order valence-electron chi connectivity index (χ2n) is 5.21. The van der Waals surface area contributed by atoms with E-state index in [0.717, 1.165) is 25.1 Å². The smallest absolute Gasteiger partial charge is 0.233 e. The van der Waals surface area contributed by atoms with Gasteiger partial charge >= 0.3 is 0 Å². The van der Waals surface area contributed by atoms with E-state index in [-0.39, 0.29) is 0 Å². The molecule has 0 amide bonds. The molecule has 1 aromatic heterocycles. The molecule has 1 N–H and O–H groups in total. The number of hydrogen-bond acceptors (Lipinski definition) is 4. The molecule has 1 heterocycles. The summed E-state index contributed by atoms with van der Waals surface area (Å²) in [5, 5.41) is 11.9. The van der Waals surface area contributed by atoms with Crippen molar-refractivity contribution >= 4 is 0 Å². The van der Waals surface area contributed by atoms with E-state index in [1.54, 1.807) is 7.11 Å². The molecular weight excluding hydrogens is 250 g/mol. The van der Waals surface area contributed by atoms with Gasteiger partial charge in [-0.3, -0.25) is 0 Å². The van der Waals surface area contributed by atoms with Crippen LogP contribution >= 0.6 is 0 Å². The number of aromatic nitrogens is 2. The Balaban J connectivity index is 2.48. The normalized spacial score (nSPS) is 12.3. The van der Waals surface area contributed by atoms with Crippen LogP contribution in [0, 0.1) is 0 Å². The van der Waals surface area contributed by atoms with Crippen molar-refractivity contribution in [2.45, 2.75) is 64.8 Å². The summed E-state index contributed by atoms with van der Waals surface area (Å²) in [6.45, 7) is 5.46. The monoisotopic (exact) mass is 279 g/mol. The molecule has 0 aliphatic heterocycles. The highest BCUT2D eigenvalue weighted by Crippen LogP contribution is 2.19. The highest BCUT2D eigenvalue weighted by molar-refractivity contribution is 5.14. The lowest BCUT2D eigenvalue weighted by Gasteiger charge is -2.17. The Morgan fingerprint density at radius 2 is 1.85 bits per heavy atom. The van der Waals surface area contributed by atoms with Gasteiger partial charge in [0.1, 0.15) is 0 Å². The molecule has 0 aliphatic rings. The van der Waals surface area contributed by atoms with Crippen molar-refractivity contribution < 1.29 is 4.74 Å². The lowest BCUT2D eigenvalue weighted by atomic mass is 10.0. The molecule has 0 spiro atoms. The van der Waals surface area contributed by atoms with E-state index in [1.165, 1.54) is 32.1 Å². The van der Waals surface area contributed by atoms with Crippen molar-refractivity contribution in [1.82, 2.24) is 15.5 Å². The van der Waals surface area contributed by atoms with Gasteiger partial charge in [0.15, 0.2) is 0 Å². The van der Waals surface area contributed by atoms with Gasteiger partial charge in [0, 0.05) is 6.07 Å². The topological polar surface area (TPSA) is 47.0 Å². The van der Waals surface area contributed by atoms with E-state index >= 15 is 0 Å². The molecule has 1 rings (SSSR count). The van der Waals surface area contributed by atoms with E-state index in [9.17, 15) is 0 Å². The molecule has 4 nitrogen and oxygen atoms in total. The number of ether oxygens (including phenoxy) is 1. The third kappa shape index (κ3) is 6.33. The van der Waals surface area contributed by atoms with Crippen LogP contribution in [0.25, 0.3) is 0 Å². The Labute approximate surface area is 123 Å². The lowest BCUT2D eigenvalue weighted by molar-refractivity contribution is 0.387. The van der Waals surface area contributed by atoms with Crippen LogP contribution in [0.1, 0.15) is 70.5 Å².